The van der Waals surface area contributed by atoms with Gasteiger partial charge < -0.3 is 19.2 Å². The van der Waals surface area contributed by atoms with Crippen molar-refractivity contribution in [2.75, 3.05) is 14.2 Å². The molecule has 5 nitrogen and oxygen atoms in total. The number of hydrogen-bond acceptors (Lipinski definition) is 4. The Kier molecular flexibility index (Phi) is 4.83. The molecule has 0 fully saturated rings. The number of benzene rings is 1. The number of nitrogens with zero attached hydrogens (tertiary/aromatic N) is 2. The minimum atomic E-state index is 0.693. The predicted octanol–water partition coefficient (Wildman–Crippen LogP) is 3.40. The fraction of sp³-hybridized carbons (Fsp3) is 0.235. The molecule has 0 saturated carbocycles. The molecule has 0 atom stereocenters. The van der Waals surface area contributed by atoms with Crippen LogP contribution in [0.3, 0.4) is 0 Å². The van der Waals surface area contributed by atoms with Crippen molar-refractivity contribution in [3.05, 3.63) is 58.5 Å². The zero-order valence-electron chi connectivity index (χ0n) is 13.0. The average Bonchev–Trinajstić information content (AvgIpc) is 2.96. The first kappa shape index (κ1) is 15.8. The molecule has 2 heterocycles. The van der Waals surface area contributed by atoms with Crippen LogP contribution in [0.5, 0.6) is 11.5 Å². The van der Waals surface area contributed by atoms with Crippen LogP contribution in [0.15, 0.2) is 47.2 Å². The zero-order chi connectivity index (χ0) is 16.2. The first-order valence-corrected chi connectivity index (χ1v) is 8.03. The second kappa shape index (κ2) is 7.02. The van der Waals surface area contributed by atoms with Crippen molar-refractivity contribution in [3.8, 4) is 11.5 Å². The number of aromatic nitrogens is 2. The van der Waals surface area contributed by atoms with Gasteiger partial charge in [0.2, 0.25) is 0 Å². The first-order valence-electron chi connectivity index (χ1n) is 7.24. The maximum Gasteiger partial charge on any atom is 0.137 e. The molecule has 1 aromatic carbocycles. The number of ether oxygens (including phenoxy) is 2. The quantitative estimate of drug-likeness (QED) is 0.717. The summed E-state index contributed by atoms with van der Waals surface area (Å²) in [6.45, 7) is 1.41. The van der Waals surface area contributed by atoms with E-state index in [1.54, 1.807) is 14.2 Å². The number of fused-ring (bicyclic) bond motifs is 1. The maximum atomic E-state index is 5.29. The molecule has 2 aromatic heterocycles. The number of rotatable bonds is 6. The number of imidazole rings is 1. The van der Waals surface area contributed by atoms with E-state index in [2.05, 4.69) is 26.2 Å². The van der Waals surface area contributed by atoms with Crippen LogP contribution in [-0.2, 0) is 13.1 Å². The van der Waals surface area contributed by atoms with Gasteiger partial charge in [0, 0.05) is 36.0 Å². The van der Waals surface area contributed by atoms with E-state index in [-0.39, 0.29) is 0 Å². The molecule has 1 N–H and O–H groups in total. The van der Waals surface area contributed by atoms with Crippen LogP contribution in [0, 0.1) is 0 Å². The van der Waals surface area contributed by atoms with Gasteiger partial charge >= 0.3 is 0 Å². The van der Waals surface area contributed by atoms with E-state index in [1.165, 1.54) is 0 Å². The number of halogens is 1. The number of pyridine rings is 1. The van der Waals surface area contributed by atoms with Crippen LogP contribution in [0.4, 0.5) is 0 Å². The maximum absolute atomic E-state index is 5.29. The Hall–Kier alpha value is -2.05. The lowest BCUT2D eigenvalue weighted by Gasteiger charge is -2.09. The number of hydrogen-bond donors (Lipinski definition) is 1. The lowest BCUT2D eigenvalue weighted by Crippen LogP contribution is -2.13. The Balaban J connectivity index is 1.66. The second-order valence-electron chi connectivity index (χ2n) is 5.17. The van der Waals surface area contributed by atoms with E-state index in [1.807, 2.05) is 47.1 Å². The molecule has 0 saturated heterocycles. The van der Waals surface area contributed by atoms with E-state index < -0.39 is 0 Å². The van der Waals surface area contributed by atoms with Crippen molar-refractivity contribution in [2.45, 2.75) is 13.1 Å². The van der Waals surface area contributed by atoms with Crippen molar-refractivity contribution in [3.63, 3.8) is 0 Å². The van der Waals surface area contributed by atoms with Crippen molar-refractivity contribution in [1.29, 1.82) is 0 Å². The van der Waals surface area contributed by atoms with Crippen LogP contribution >= 0.6 is 15.9 Å². The SMILES string of the molecule is COc1cc(CNCc2cn3cc(Br)ccc3n2)cc(OC)c1. The summed E-state index contributed by atoms with van der Waals surface area (Å²) in [6.07, 6.45) is 4.03. The van der Waals surface area contributed by atoms with E-state index >= 15 is 0 Å². The molecule has 0 bridgehead atoms. The molecule has 23 heavy (non-hydrogen) atoms. The van der Waals surface area contributed by atoms with Gasteiger partial charge in [-0.2, -0.15) is 0 Å². The standard InChI is InChI=1S/C17H18BrN3O2/c1-22-15-5-12(6-16(7-15)23-2)8-19-9-14-11-21-10-13(18)3-4-17(21)20-14/h3-7,10-11,19H,8-9H2,1-2H3. The van der Waals surface area contributed by atoms with E-state index in [0.29, 0.717) is 13.1 Å². The summed E-state index contributed by atoms with van der Waals surface area (Å²) < 4.78 is 13.6. The highest BCUT2D eigenvalue weighted by Gasteiger charge is 2.04. The number of methoxy groups -OCH3 is 2. The molecule has 6 heteroatoms. The van der Waals surface area contributed by atoms with Gasteiger partial charge in [-0.15, -0.1) is 0 Å². The lowest BCUT2D eigenvalue weighted by atomic mass is 10.2. The molecule has 0 aliphatic rings. The minimum Gasteiger partial charge on any atom is -0.497 e. The third kappa shape index (κ3) is 3.83. The molecule has 3 rings (SSSR count). The summed E-state index contributed by atoms with van der Waals surface area (Å²) >= 11 is 3.46. The molecule has 0 radical (unpaired) electrons. The van der Waals surface area contributed by atoms with E-state index in [4.69, 9.17) is 9.47 Å². The Morgan fingerprint density at radius 1 is 1.04 bits per heavy atom. The van der Waals surface area contributed by atoms with Gasteiger partial charge in [0.25, 0.3) is 0 Å². The molecular formula is C17H18BrN3O2. The van der Waals surface area contributed by atoms with Crippen LogP contribution in [-0.4, -0.2) is 23.6 Å². The zero-order valence-corrected chi connectivity index (χ0v) is 14.6. The lowest BCUT2D eigenvalue weighted by molar-refractivity contribution is 0.393. The monoisotopic (exact) mass is 375 g/mol. The second-order valence-corrected chi connectivity index (χ2v) is 6.09. The molecule has 0 amide bonds. The van der Waals surface area contributed by atoms with Crippen LogP contribution in [0.2, 0.25) is 0 Å². The Bertz CT molecular complexity index is 794. The summed E-state index contributed by atoms with van der Waals surface area (Å²) in [5, 5.41) is 3.40. The van der Waals surface area contributed by atoms with Crippen molar-refractivity contribution in [2.24, 2.45) is 0 Å². The summed E-state index contributed by atoms with van der Waals surface area (Å²) in [5.41, 5.74) is 3.04. The first-order chi connectivity index (χ1) is 11.2. The molecule has 0 unspecified atom stereocenters. The van der Waals surface area contributed by atoms with Crippen molar-refractivity contribution >= 4 is 21.6 Å². The minimum absolute atomic E-state index is 0.693. The van der Waals surface area contributed by atoms with E-state index in [0.717, 1.165) is 32.9 Å². The molecular weight excluding hydrogens is 358 g/mol. The molecule has 0 aliphatic carbocycles. The Morgan fingerprint density at radius 2 is 1.78 bits per heavy atom. The van der Waals surface area contributed by atoms with Crippen molar-refractivity contribution in [1.82, 2.24) is 14.7 Å². The molecule has 0 aliphatic heterocycles. The summed E-state index contributed by atoms with van der Waals surface area (Å²) in [6, 6.07) is 9.83. The fourth-order valence-corrected chi connectivity index (χ4v) is 2.76. The van der Waals surface area contributed by atoms with E-state index in [9.17, 15) is 0 Å². The molecule has 0 spiro atoms. The normalized spacial score (nSPS) is 10.9. The van der Waals surface area contributed by atoms with Gasteiger partial charge in [-0.05, 0) is 45.8 Å². The van der Waals surface area contributed by atoms with Gasteiger partial charge in [0.15, 0.2) is 0 Å². The van der Waals surface area contributed by atoms with Crippen molar-refractivity contribution < 1.29 is 9.47 Å². The van der Waals surface area contributed by atoms with Gasteiger partial charge in [-0.1, -0.05) is 0 Å². The van der Waals surface area contributed by atoms with Crippen LogP contribution in [0.1, 0.15) is 11.3 Å². The van der Waals surface area contributed by atoms with Gasteiger partial charge in [0.1, 0.15) is 17.1 Å². The highest BCUT2D eigenvalue weighted by atomic mass is 79.9. The number of nitrogens with one attached hydrogen (secondary N) is 1. The highest BCUT2D eigenvalue weighted by Crippen LogP contribution is 2.22. The smallest absolute Gasteiger partial charge is 0.137 e. The molecule has 3 aromatic rings. The predicted molar refractivity (Wildman–Crippen MR) is 93.0 cm³/mol. The topological polar surface area (TPSA) is 47.8 Å². The highest BCUT2D eigenvalue weighted by molar-refractivity contribution is 9.10. The summed E-state index contributed by atoms with van der Waals surface area (Å²) in [7, 11) is 3.31. The Morgan fingerprint density at radius 3 is 2.48 bits per heavy atom. The third-order valence-electron chi connectivity index (χ3n) is 3.51. The largest absolute Gasteiger partial charge is 0.497 e. The average molecular weight is 376 g/mol. The Labute approximate surface area is 143 Å². The van der Waals surface area contributed by atoms with Crippen LogP contribution in [0.25, 0.3) is 5.65 Å². The van der Waals surface area contributed by atoms with Gasteiger partial charge in [-0.3, -0.25) is 0 Å². The molecule has 120 valence electrons. The summed E-state index contributed by atoms with van der Waals surface area (Å²) in [5.74, 6) is 1.58. The summed E-state index contributed by atoms with van der Waals surface area (Å²) in [4.78, 5) is 4.58. The third-order valence-corrected chi connectivity index (χ3v) is 3.98. The van der Waals surface area contributed by atoms with Gasteiger partial charge in [0.05, 0.1) is 19.9 Å². The van der Waals surface area contributed by atoms with Crippen LogP contribution < -0.4 is 14.8 Å². The fourth-order valence-electron chi connectivity index (χ4n) is 2.41. The van der Waals surface area contributed by atoms with Gasteiger partial charge in [-0.25, -0.2) is 4.98 Å².